The summed E-state index contributed by atoms with van der Waals surface area (Å²) < 4.78 is 6.97. The number of amides is 1. The molecule has 0 unspecified atom stereocenters. The standard InChI is InChI=1S/C18H24N4O2/c1-24-14-16-8-5-10-21(12-16)18(23)17-13-22(20-19-17)11-9-15-6-3-2-4-7-15/h2-4,6-7,13,16H,5,8-12,14H2,1H3/t16-/m0/s1. The van der Waals surface area contributed by atoms with Crippen LogP contribution in [0.5, 0.6) is 0 Å². The monoisotopic (exact) mass is 328 g/mol. The number of carbonyl (C=O) groups excluding carboxylic acids is 1. The Bertz CT molecular complexity index is 654. The van der Waals surface area contributed by atoms with Crippen LogP contribution in [0.4, 0.5) is 0 Å². The second kappa shape index (κ2) is 8.06. The van der Waals surface area contributed by atoms with E-state index in [-0.39, 0.29) is 5.91 Å². The number of aromatic nitrogens is 3. The minimum atomic E-state index is -0.0261. The maximum Gasteiger partial charge on any atom is 0.276 e. The van der Waals surface area contributed by atoms with E-state index < -0.39 is 0 Å². The molecule has 0 radical (unpaired) electrons. The van der Waals surface area contributed by atoms with Gasteiger partial charge in [-0.15, -0.1) is 5.10 Å². The maximum absolute atomic E-state index is 12.6. The highest BCUT2D eigenvalue weighted by Gasteiger charge is 2.26. The van der Waals surface area contributed by atoms with Gasteiger partial charge in [0.1, 0.15) is 0 Å². The minimum absolute atomic E-state index is 0.0261. The molecule has 1 aromatic heterocycles. The number of aryl methyl sites for hydroxylation is 2. The summed E-state index contributed by atoms with van der Waals surface area (Å²) in [7, 11) is 1.71. The lowest BCUT2D eigenvalue weighted by atomic mass is 9.99. The van der Waals surface area contributed by atoms with E-state index in [9.17, 15) is 4.79 Å². The Balaban J connectivity index is 1.57. The Morgan fingerprint density at radius 2 is 2.17 bits per heavy atom. The molecule has 2 aromatic rings. The van der Waals surface area contributed by atoms with Crippen molar-refractivity contribution in [3.05, 3.63) is 47.8 Å². The molecule has 1 aliphatic rings. The lowest BCUT2D eigenvalue weighted by Crippen LogP contribution is -2.41. The van der Waals surface area contributed by atoms with E-state index in [4.69, 9.17) is 4.74 Å². The molecule has 0 saturated carbocycles. The number of nitrogens with zero attached hydrogens (tertiary/aromatic N) is 4. The predicted octanol–water partition coefficient (Wildman–Crippen LogP) is 2.02. The molecule has 24 heavy (non-hydrogen) atoms. The van der Waals surface area contributed by atoms with Crippen LogP contribution in [0.25, 0.3) is 0 Å². The molecule has 6 nitrogen and oxygen atoms in total. The topological polar surface area (TPSA) is 60.2 Å². The summed E-state index contributed by atoms with van der Waals surface area (Å²) in [5.41, 5.74) is 1.68. The largest absolute Gasteiger partial charge is 0.384 e. The summed E-state index contributed by atoms with van der Waals surface area (Å²) in [6.45, 7) is 2.95. The number of rotatable bonds is 6. The van der Waals surface area contributed by atoms with Crippen molar-refractivity contribution >= 4 is 5.91 Å². The zero-order chi connectivity index (χ0) is 16.8. The van der Waals surface area contributed by atoms with Gasteiger partial charge in [-0.1, -0.05) is 35.5 Å². The highest BCUT2D eigenvalue weighted by Crippen LogP contribution is 2.18. The first-order chi connectivity index (χ1) is 11.8. The molecular weight excluding hydrogens is 304 g/mol. The lowest BCUT2D eigenvalue weighted by Gasteiger charge is -2.31. The second-order valence-electron chi connectivity index (χ2n) is 6.32. The fourth-order valence-corrected chi connectivity index (χ4v) is 3.18. The van der Waals surface area contributed by atoms with Gasteiger partial charge in [0, 0.05) is 26.7 Å². The number of piperidine rings is 1. The van der Waals surface area contributed by atoms with Gasteiger partial charge in [-0.05, 0) is 30.7 Å². The van der Waals surface area contributed by atoms with Crippen molar-refractivity contribution in [2.45, 2.75) is 25.8 Å². The Morgan fingerprint density at radius 3 is 2.96 bits per heavy atom. The Morgan fingerprint density at radius 1 is 1.33 bits per heavy atom. The first-order valence-corrected chi connectivity index (χ1v) is 8.48. The van der Waals surface area contributed by atoms with Crippen molar-refractivity contribution < 1.29 is 9.53 Å². The van der Waals surface area contributed by atoms with Gasteiger partial charge in [0.15, 0.2) is 5.69 Å². The number of likely N-dealkylation sites (tertiary alicyclic amines) is 1. The average Bonchev–Trinajstić information content (AvgIpc) is 3.10. The van der Waals surface area contributed by atoms with Crippen LogP contribution in [0.2, 0.25) is 0 Å². The molecule has 2 heterocycles. The highest BCUT2D eigenvalue weighted by molar-refractivity contribution is 5.92. The van der Waals surface area contributed by atoms with Crippen LogP contribution in [-0.4, -0.2) is 52.6 Å². The zero-order valence-electron chi connectivity index (χ0n) is 14.1. The van der Waals surface area contributed by atoms with Gasteiger partial charge in [0.2, 0.25) is 0 Å². The highest BCUT2D eigenvalue weighted by atomic mass is 16.5. The van der Waals surface area contributed by atoms with E-state index in [2.05, 4.69) is 22.4 Å². The number of methoxy groups -OCH3 is 1. The number of ether oxygens (including phenoxy) is 1. The summed E-state index contributed by atoms with van der Waals surface area (Å²) in [4.78, 5) is 14.5. The third-order valence-corrected chi connectivity index (χ3v) is 4.44. The Kier molecular flexibility index (Phi) is 5.59. The van der Waals surface area contributed by atoms with Gasteiger partial charge in [0.25, 0.3) is 5.91 Å². The van der Waals surface area contributed by atoms with Gasteiger partial charge in [-0.2, -0.15) is 0 Å². The van der Waals surface area contributed by atoms with Crippen LogP contribution < -0.4 is 0 Å². The molecule has 0 bridgehead atoms. The van der Waals surface area contributed by atoms with Crippen molar-refractivity contribution in [3.8, 4) is 0 Å². The van der Waals surface area contributed by atoms with Crippen LogP contribution in [0.3, 0.4) is 0 Å². The summed E-state index contributed by atoms with van der Waals surface area (Å²) in [6.07, 6.45) is 4.76. The van der Waals surface area contributed by atoms with Gasteiger partial charge in [0.05, 0.1) is 12.8 Å². The van der Waals surface area contributed by atoms with E-state index in [0.717, 1.165) is 38.9 Å². The molecular formula is C18H24N4O2. The van der Waals surface area contributed by atoms with Crippen LogP contribution in [-0.2, 0) is 17.7 Å². The van der Waals surface area contributed by atoms with E-state index in [1.54, 1.807) is 18.0 Å². The Labute approximate surface area is 142 Å². The van der Waals surface area contributed by atoms with Gasteiger partial charge in [-0.25, -0.2) is 0 Å². The summed E-state index contributed by atoms with van der Waals surface area (Å²) in [5, 5.41) is 8.16. The molecule has 3 rings (SSSR count). The molecule has 1 fully saturated rings. The number of carbonyl (C=O) groups is 1. The van der Waals surface area contributed by atoms with Crippen molar-refractivity contribution in [1.82, 2.24) is 19.9 Å². The zero-order valence-corrected chi connectivity index (χ0v) is 14.1. The lowest BCUT2D eigenvalue weighted by molar-refractivity contribution is 0.0565. The third kappa shape index (κ3) is 4.20. The second-order valence-corrected chi connectivity index (χ2v) is 6.32. The molecule has 1 atom stereocenters. The van der Waals surface area contributed by atoms with Gasteiger partial charge < -0.3 is 9.64 Å². The van der Waals surface area contributed by atoms with Gasteiger partial charge in [-0.3, -0.25) is 9.48 Å². The maximum atomic E-state index is 12.6. The number of benzene rings is 1. The summed E-state index contributed by atoms with van der Waals surface area (Å²) in [5.74, 6) is 0.391. The van der Waals surface area contributed by atoms with Crippen LogP contribution in [0, 0.1) is 5.92 Å². The molecule has 0 aliphatic carbocycles. The molecule has 0 spiro atoms. The summed E-state index contributed by atoms with van der Waals surface area (Å²) >= 11 is 0. The molecule has 1 aromatic carbocycles. The van der Waals surface area contributed by atoms with Crippen molar-refractivity contribution in [1.29, 1.82) is 0 Å². The van der Waals surface area contributed by atoms with Crippen LogP contribution in [0.1, 0.15) is 28.9 Å². The SMILES string of the molecule is COC[C@H]1CCCN(C(=O)c2cn(CCc3ccccc3)nn2)C1. The number of hydrogen-bond acceptors (Lipinski definition) is 4. The normalized spacial score (nSPS) is 17.9. The fraction of sp³-hybridized carbons (Fsp3) is 0.500. The molecule has 1 aliphatic heterocycles. The van der Waals surface area contributed by atoms with Crippen molar-refractivity contribution in [2.75, 3.05) is 26.8 Å². The quantitative estimate of drug-likeness (QED) is 0.814. The molecule has 1 amide bonds. The first kappa shape index (κ1) is 16.6. The molecule has 6 heteroatoms. The van der Waals surface area contributed by atoms with Crippen molar-refractivity contribution in [3.63, 3.8) is 0 Å². The average molecular weight is 328 g/mol. The molecule has 128 valence electrons. The Hall–Kier alpha value is -2.21. The predicted molar refractivity (Wildman–Crippen MR) is 90.7 cm³/mol. The van der Waals surface area contributed by atoms with Crippen LogP contribution in [0.15, 0.2) is 36.5 Å². The fourth-order valence-electron chi connectivity index (χ4n) is 3.18. The molecule has 1 saturated heterocycles. The first-order valence-electron chi connectivity index (χ1n) is 8.48. The van der Waals surface area contributed by atoms with E-state index in [0.29, 0.717) is 18.2 Å². The van der Waals surface area contributed by atoms with Gasteiger partial charge >= 0.3 is 0 Å². The van der Waals surface area contributed by atoms with Crippen molar-refractivity contribution in [2.24, 2.45) is 5.92 Å². The minimum Gasteiger partial charge on any atom is -0.384 e. The molecule has 0 N–H and O–H groups in total. The smallest absolute Gasteiger partial charge is 0.276 e. The van der Waals surface area contributed by atoms with E-state index in [1.165, 1.54) is 5.56 Å². The van der Waals surface area contributed by atoms with E-state index >= 15 is 0 Å². The number of hydrogen-bond donors (Lipinski definition) is 0. The van der Waals surface area contributed by atoms with E-state index in [1.807, 2.05) is 23.1 Å². The summed E-state index contributed by atoms with van der Waals surface area (Å²) in [6, 6.07) is 10.2. The van der Waals surface area contributed by atoms with Crippen LogP contribution >= 0.6 is 0 Å². The third-order valence-electron chi connectivity index (χ3n) is 4.44.